The van der Waals surface area contributed by atoms with E-state index in [-0.39, 0.29) is 11.6 Å². The number of fused-ring (bicyclic) bond motifs is 2. The van der Waals surface area contributed by atoms with E-state index in [2.05, 4.69) is 0 Å². The first kappa shape index (κ1) is 15.8. The van der Waals surface area contributed by atoms with Crippen molar-refractivity contribution in [3.63, 3.8) is 0 Å². The monoisotopic (exact) mass is 346 g/mol. The second kappa shape index (κ2) is 5.68. The molecule has 2 nitrogen and oxygen atoms in total. The van der Waals surface area contributed by atoms with Gasteiger partial charge in [-0.1, -0.05) is 60.1 Å². The zero-order chi connectivity index (χ0) is 17.7. The fourth-order valence-electron chi connectivity index (χ4n) is 3.50. The highest BCUT2D eigenvalue weighted by molar-refractivity contribution is 6.40. The number of hydrogen-bond acceptors (Lipinski definition) is 2. The van der Waals surface area contributed by atoms with Crippen molar-refractivity contribution in [3.8, 4) is 11.1 Å². The van der Waals surface area contributed by atoms with Gasteiger partial charge in [0.05, 0.1) is 10.6 Å². The Hall–Kier alpha value is -2.71. The zero-order valence-electron chi connectivity index (χ0n) is 13.9. The highest BCUT2D eigenvalue weighted by Crippen LogP contribution is 2.39. The third kappa shape index (κ3) is 2.25. The van der Waals surface area contributed by atoms with Gasteiger partial charge in [-0.15, -0.1) is 0 Å². The molecule has 3 aromatic rings. The van der Waals surface area contributed by atoms with Crippen LogP contribution in [0, 0.1) is 13.8 Å². The highest BCUT2D eigenvalue weighted by atomic mass is 35.5. The van der Waals surface area contributed by atoms with Gasteiger partial charge in [0.1, 0.15) is 0 Å². The molecule has 0 bridgehead atoms. The molecule has 0 saturated heterocycles. The summed E-state index contributed by atoms with van der Waals surface area (Å²) in [4.78, 5) is 26.1. The summed E-state index contributed by atoms with van der Waals surface area (Å²) in [6.45, 7) is 3.73. The van der Waals surface area contributed by atoms with Crippen LogP contribution in [0.3, 0.4) is 0 Å². The summed E-state index contributed by atoms with van der Waals surface area (Å²) in [6.07, 6.45) is 0. The van der Waals surface area contributed by atoms with Crippen molar-refractivity contribution in [1.82, 2.24) is 0 Å². The Kier molecular flexibility index (Phi) is 3.59. The minimum absolute atomic E-state index is 0.146. The molecular formula is C22H15ClO2. The summed E-state index contributed by atoms with van der Waals surface area (Å²) < 4.78 is 0. The van der Waals surface area contributed by atoms with Crippen LogP contribution in [0.15, 0.2) is 54.6 Å². The molecule has 0 spiro atoms. The van der Waals surface area contributed by atoms with Crippen LogP contribution in [-0.4, -0.2) is 11.6 Å². The van der Waals surface area contributed by atoms with Gasteiger partial charge in [0.25, 0.3) is 0 Å². The number of halogens is 1. The Labute approximate surface area is 151 Å². The molecule has 122 valence electrons. The zero-order valence-corrected chi connectivity index (χ0v) is 14.6. The third-order valence-corrected chi connectivity index (χ3v) is 5.28. The van der Waals surface area contributed by atoms with E-state index in [1.807, 2.05) is 50.2 Å². The van der Waals surface area contributed by atoms with Crippen LogP contribution >= 0.6 is 11.6 Å². The van der Waals surface area contributed by atoms with Crippen LogP contribution in [-0.2, 0) is 0 Å². The molecule has 0 unspecified atom stereocenters. The number of hydrogen-bond donors (Lipinski definition) is 0. The lowest BCUT2D eigenvalue weighted by Gasteiger charge is -2.22. The molecule has 0 radical (unpaired) electrons. The Bertz CT molecular complexity index is 1050. The van der Waals surface area contributed by atoms with Gasteiger partial charge >= 0.3 is 0 Å². The largest absolute Gasteiger partial charge is 0.289 e. The first-order valence-corrected chi connectivity index (χ1v) is 8.46. The Morgan fingerprint density at radius 2 is 1.44 bits per heavy atom. The SMILES string of the molecule is Cc1cccc2c1C(=O)c1c(cc(-c3ccccc3)c(C)c1Cl)C2=O. The molecule has 1 aliphatic carbocycles. The minimum atomic E-state index is -0.171. The summed E-state index contributed by atoms with van der Waals surface area (Å²) in [5.74, 6) is -0.317. The van der Waals surface area contributed by atoms with Crippen LogP contribution in [0.5, 0.6) is 0 Å². The molecule has 0 heterocycles. The van der Waals surface area contributed by atoms with Crippen molar-refractivity contribution in [1.29, 1.82) is 0 Å². The lowest BCUT2D eigenvalue weighted by Crippen LogP contribution is -2.23. The molecule has 4 rings (SSSR count). The van der Waals surface area contributed by atoms with Gasteiger partial charge in [-0.3, -0.25) is 9.59 Å². The van der Waals surface area contributed by atoms with E-state index in [0.29, 0.717) is 27.3 Å². The maximum absolute atomic E-state index is 13.1. The van der Waals surface area contributed by atoms with Crippen molar-refractivity contribution in [2.45, 2.75) is 13.8 Å². The number of rotatable bonds is 1. The lowest BCUT2D eigenvalue weighted by atomic mass is 9.80. The van der Waals surface area contributed by atoms with Crippen LogP contribution in [0.25, 0.3) is 11.1 Å². The van der Waals surface area contributed by atoms with Gasteiger partial charge in [0.15, 0.2) is 11.6 Å². The normalized spacial score (nSPS) is 12.8. The summed E-state index contributed by atoms with van der Waals surface area (Å²) in [6, 6.07) is 16.9. The number of carbonyl (C=O) groups excluding carboxylic acids is 2. The second-order valence-corrected chi connectivity index (χ2v) is 6.69. The Morgan fingerprint density at radius 3 is 2.16 bits per heavy atom. The first-order chi connectivity index (χ1) is 12.0. The molecule has 0 aromatic heterocycles. The van der Waals surface area contributed by atoms with E-state index in [1.54, 1.807) is 18.2 Å². The third-order valence-electron chi connectivity index (χ3n) is 4.81. The van der Waals surface area contributed by atoms with Gasteiger partial charge in [0, 0.05) is 16.7 Å². The van der Waals surface area contributed by atoms with E-state index in [9.17, 15) is 9.59 Å². The van der Waals surface area contributed by atoms with Crippen molar-refractivity contribution in [2.75, 3.05) is 0 Å². The Morgan fingerprint density at radius 1 is 0.720 bits per heavy atom. The molecule has 0 aliphatic heterocycles. The van der Waals surface area contributed by atoms with Crippen molar-refractivity contribution in [3.05, 3.63) is 93.0 Å². The van der Waals surface area contributed by atoms with Crippen LogP contribution in [0.4, 0.5) is 0 Å². The molecule has 25 heavy (non-hydrogen) atoms. The van der Waals surface area contributed by atoms with E-state index >= 15 is 0 Å². The summed E-state index contributed by atoms with van der Waals surface area (Å²) in [5.41, 5.74) is 5.09. The van der Waals surface area contributed by atoms with Gasteiger partial charge < -0.3 is 0 Å². The molecular weight excluding hydrogens is 332 g/mol. The average Bonchev–Trinajstić information content (AvgIpc) is 2.62. The molecule has 0 atom stereocenters. The number of carbonyl (C=O) groups is 2. The number of aryl methyl sites for hydroxylation is 1. The van der Waals surface area contributed by atoms with Gasteiger partial charge in [-0.05, 0) is 42.2 Å². The lowest BCUT2D eigenvalue weighted by molar-refractivity contribution is 0.0978. The second-order valence-electron chi connectivity index (χ2n) is 6.31. The molecule has 3 heteroatoms. The predicted octanol–water partition coefficient (Wildman–Crippen LogP) is 5.40. The van der Waals surface area contributed by atoms with Crippen molar-refractivity contribution >= 4 is 23.2 Å². The van der Waals surface area contributed by atoms with Crippen molar-refractivity contribution in [2.24, 2.45) is 0 Å². The standard InChI is InChI=1S/C22H15ClO2/c1-12-7-6-10-15-18(12)22(25)19-17(21(15)24)11-16(13(2)20(19)23)14-8-4-3-5-9-14/h3-11H,1-2H3. The molecule has 0 N–H and O–H groups in total. The molecule has 3 aromatic carbocycles. The van der Waals surface area contributed by atoms with Gasteiger partial charge in [-0.2, -0.15) is 0 Å². The van der Waals surface area contributed by atoms with Crippen LogP contribution in [0.2, 0.25) is 5.02 Å². The average molecular weight is 347 g/mol. The fourth-order valence-corrected chi connectivity index (χ4v) is 3.79. The maximum Gasteiger partial charge on any atom is 0.196 e. The number of benzene rings is 3. The molecule has 0 amide bonds. The van der Waals surface area contributed by atoms with E-state index in [0.717, 1.165) is 22.3 Å². The fraction of sp³-hybridized carbons (Fsp3) is 0.0909. The van der Waals surface area contributed by atoms with Gasteiger partial charge in [0.2, 0.25) is 0 Å². The molecule has 0 saturated carbocycles. The topological polar surface area (TPSA) is 34.1 Å². The van der Waals surface area contributed by atoms with E-state index < -0.39 is 0 Å². The molecule has 0 fully saturated rings. The van der Waals surface area contributed by atoms with E-state index in [4.69, 9.17) is 11.6 Å². The quantitative estimate of drug-likeness (QED) is 0.462. The highest BCUT2D eigenvalue weighted by Gasteiger charge is 2.34. The maximum atomic E-state index is 13.1. The summed E-state index contributed by atoms with van der Waals surface area (Å²) >= 11 is 6.57. The minimum Gasteiger partial charge on any atom is -0.289 e. The van der Waals surface area contributed by atoms with Crippen molar-refractivity contribution < 1.29 is 9.59 Å². The smallest absolute Gasteiger partial charge is 0.196 e. The predicted molar refractivity (Wildman–Crippen MR) is 99.7 cm³/mol. The molecule has 1 aliphatic rings. The summed E-state index contributed by atoms with van der Waals surface area (Å²) in [5, 5.41) is 0.364. The summed E-state index contributed by atoms with van der Waals surface area (Å²) in [7, 11) is 0. The first-order valence-electron chi connectivity index (χ1n) is 8.08. The Balaban J connectivity index is 2.03. The van der Waals surface area contributed by atoms with Gasteiger partial charge in [-0.25, -0.2) is 0 Å². The number of ketones is 2. The van der Waals surface area contributed by atoms with E-state index in [1.165, 1.54) is 0 Å². The van der Waals surface area contributed by atoms with Crippen LogP contribution < -0.4 is 0 Å². The van der Waals surface area contributed by atoms with Crippen LogP contribution in [0.1, 0.15) is 43.0 Å².